The monoisotopic (exact) mass is 267 g/mol. The molecule has 2 rings (SSSR count). The first-order valence-electron chi connectivity index (χ1n) is 6.39. The van der Waals surface area contributed by atoms with Gasteiger partial charge in [-0.25, -0.2) is 0 Å². The molecule has 0 aliphatic carbocycles. The van der Waals surface area contributed by atoms with Gasteiger partial charge in [-0.2, -0.15) is 0 Å². The third kappa shape index (κ3) is 3.39. The van der Waals surface area contributed by atoms with Gasteiger partial charge in [0, 0.05) is 30.1 Å². The summed E-state index contributed by atoms with van der Waals surface area (Å²) in [5.74, 6) is 0.343. The molecule has 18 heavy (non-hydrogen) atoms. The molecule has 0 radical (unpaired) electrons. The van der Waals surface area contributed by atoms with E-state index in [-0.39, 0.29) is 12.1 Å². The van der Waals surface area contributed by atoms with Crippen molar-refractivity contribution in [1.82, 2.24) is 0 Å². The predicted octanol–water partition coefficient (Wildman–Crippen LogP) is 3.50. The summed E-state index contributed by atoms with van der Waals surface area (Å²) < 4.78 is 5.56. The molecule has 0 amide bonds. The normalized spacial score (nSPS) is 18.4. The highest BCUT2D eigenvalue weighted by Crippen LogP contribution is 2.32. The molecule has 1 heterocycles. The topological polar surface area (TPSA) is 38.3 Å². The average molecular weight is 268 g/mol. The Morgan fingerprint density at radius 1 is 1.44 bits per heavy atom. The van der Waals surface area contributed by atoms with Gasteiger partial charge in [0.25, 0.3) is 0 Å². The molecule has 0 bridgehead atoms. The lowest BCUT2D eigenvalue weighted by atomic mass is 10.0. The van der Waals surface area contributed by atoms with Crippen LogP contribution >= 0.6 is 11.6 Å². The fraction of sp³-hybridized carbons (Fsp3) is 0.500. The van der Waals surface area contributed by atoms with Crippen LogP contribution in [0.15, 0.2) is 24.3 Å². The maximum absolute atomic E-state index is 11.7. The zero-order chi connectivity index (χ0) is 12.8. The van der Waals surface area contributed by atoms with Crippen LogP contribution in [0.25, 0.3) is 0 Å². The second-order valence-electron chi connectivity index (χ2n) is 4.43. The largest absolute Gasteiger partial charge is 0.457 e. The van der Waals surface area contributed by atoms with E-state index >= 15 is 0 Å². The van der Waals surface area contributed by atoms with Gasteiger partial charge >= 0.3 is 5.97 Å². The number of fused-ring (bicyclic) bond motifs is 1. The molecular formula is C14H18ClNO2. The molecule has 1 atom stereocenters. The number of ether oxygens (including phenoxy) is 1. The molecular weight excluding hydrogens is 250 g/mol. The van der Waals surface area contributed by atoms with Gasteiger partial charge < -0.3 is 10.1 Å². The van der Waals surface area contributed by atoms with Gasteiger partial charge in [-0.3, -0.25) is 4.79 Å². The lowest BCUT2D eigenvalue weighted by Gasteiger charge is -2.18. The van der Waals surface area contributed by atoms with Crippen LogP contribution in [-0.2, 0) is 9.53 Å². The number of esters is 1. The van der Waals surface area contributed by atoms with Gasteiger partial charge in [0.05, 0.1) is 0 Å². The Morgan fingerprint density at radius 3 is 3.11 bits per heavy atom. The van der Waals surface area contributed by atoms with E-state index in [0.717, 1.165) is 30.6 Å². The highest BCUT2D eigenvalue weighted by atomic mass is 35.5. The van der Waals surface area contributed by atoms with Gasteiger partial charge in [-0.15, -0.1) is 11.6 Å². The number of rotatable bonds is 4. The second kappa shape index (κ2) is 6.64. The minimum atomic E-state index is -0.155. The number of halogens is 1. The Bertz CT molecular complexity index is 409. The van der Waals surface area contributed by atoms with Crippen molar-refractivity contribution in [2.24, 2.45) is 0 Å². The number of nitrogens with one attached hydrogen (secondary N) is 1. The smallest absolute Gasteiger partial charge is 0.306 e. The maximum Gasteiger partial charge on any atom is 0.306 e. The van der Waals surface area contributed by atoms with Gasteiger partial charge in [-0.05, 0) is 25.3 Å². The Hall–Kier alpha value is -1.22. The summed E-state index contributed by atoms with van der Waals surface area (Å²) in [6.45, 7) is 0.923. The van der Waals surface area contributed by atoms with E-state index in [0.29, 0.717) is 18.7 Å². The molecule has 98 valence electrons. The minimum absolute atomic E-state index is 0.126. The Morgan fingerprint density at radius 2 is 2.28 bits per heavy atom. The van der Waals surface area contributed by atoms with Crippen LogP contribution in [0.3, 0.4) is 0 Å². The van der Waals surface area contributed by atoms with E-state index in [4.69, 9.17) is 16.3 Å². The van der Waals surface area contributed by atoms with E-state index in [2.05, 4.69) is 5.32 Å². The molecule has 0 spiro atoms. The molecule has 0 aromatic heterocycles. The summed E-state index contributed by atoms with van der Waals surface area (Å²) in [5, 5.41) is 3.36. The number of benzene rings is 1. The van der Waals surface area contributed by atoms with E-state index in [1.54, 1.807) is 0 Å². The highest BCUT2D eigenvalue weighted by Gasteiger charge is 2.21. The Labute approximate surface area is 112 Å². The van der Waals surface area contributed by atoms with Crippen molar-refractivity contribution in [2.75, 3.05) is 17.7 Å². The van der Waals surface area contributed by atoms with Crippen LogP contribution in [-0.4, -0.2) is 18.4 Å². The van der Waals surface area contributed by atoms with Gasteiger partial charge in [0.1, 0.15) is 6.10 Å². The third-order valence-corrected chi connectivity index (χ3v) is 3.32. The van der Waals surface area contributed by atoms with Gasteiger partial charge in [-0.1, -0.05) is 18.2 Å². The fourth-order valence-electron chi connectivity index (χ4n) is 2.16. The molecule has 0 saturated heterocycles. The van der Waals surface area contributed by atoms with Crippen LogP contribution in [0.5, 0.6) is 0 Å². The number of hydrogen-bond donors (Lipinski definition) is 1. The van der Waals surface area contributed by atoms with Crippen molar-refractivity contribution < 1.29 is 9.53 Å². The molecule has 1 aliphatic rings. The quantitative estimate of drug-likeness (QED) is 0.670. The Kier molecular flexibility index (Phi) is 4.88. The molecule has 0 fully saturated rings. The molecule has 4 heteroatoms. The minimum Gasteiger partial charge on any atom is -0.457 e. The van der Waals surface area contributed by atoms with Crippen molar-refractivity contribution >= 4 is 23.3 Å². The first-order valence-corrected chi connectivity index (χ1v) is 6.93. The standard InChI is InChI=1S/C14H18ClNO2/c15-9-3-8-14(17)18-13-7-4-10-16-12-6-2-1-5-11(12)13/h1-2,5-6,13,16H,3-4,7-10H2. The van der Waals surface area contributed by atoms with Crippen molar-refractivity contribution in [2.45, 2.75) is 31.8 Å². The van der Waals surface area contributed by atoms with Crippen LogP contribution in [0.4, 0.5) is 5.69 Å². The van der Waals surface area contributed by atoms with Crippen LogP contribution in [0, 0.1) is 0 Å². The maximum atomic E-state index is 11.7. The SMILES string of the molecule is O=C(CCCCl)OC1CCCNc2ccccc21. The summed E-state index contributed by atoms with van der Waals surface area (Å²) in [4.78, 5) is 11.7. The van der Waals surface area contributed by atoms with Crippen LogP contribution in [0.1, 0.15) is 37.4 Å². The lowest BCUT2D eigenvalue weighted by Crippen LogP contribution is -2.11. The Balaban J connectivity index is 2.06. The summed E-state index contributed by atoms with van der Waals surface area (Å²) in [6, 6.07) is 8.02. The number of carbonyl (C=O) groups is 1. The number of anilines is 1. The van der Waals surface area contributed by atoms with Gasteiger partial charge in [0.2, 0.25) is 0 Å². The summed E-state index contributed by atoms with van der Waals surface area (Å²) in [6.07, 6.45) is 2.82. The van der Waals surface area contributed by atoms with Crippen LogP contribution in [0.2, 0.25) is 0 Å². The van der Waals surface area contributed by atoms with E-state index in [1.165, 1.54) is 0 Å². The number of carbonyl (C=O) groups excluding carboxylic acids is 1. The fourth-order valence-corrected chi connectivity index (χ4v) is 2.29. The number of alkyl halides is 1. The molecule has 1 unspecified atom stereocenters. The van der Waals surface area contributed by atoms with Crippen molar-refractivity contribution in [3.63, 3.8) is 0 Å². The van der Waals surface area contributed by atoms with Crippen molar-refractivity contribution in [3.05, 3.63) is 29.8 Å². The summed E-state index contributed by atoms with van der Waals surface area (Å²) in [5.41, 5.74) is 2.15. The first-order chi connectivity index (χ1) is 8.81. The molecule has 0 saturated carbocycles. The zero-order valence-corrected chi connectivity index (χ0v) is 11.1. The first kappa shape index (κ1) is 13.2. The summed E-state index contributed by atoms with van der Waals surface area (Å²) in [7, 11) is 0. The zero-order valence-electron chi connectivity index (χ0n) is 10.3. The second-order valence-corrected chi connectivity index (χ2v) is 4.81. The van der Waals surface area contributed by atoms with E-state index in [1.807, 2.05) is 24.3 Å². The summed E-state index contributed by atoms with van der Waals surface area (Å²) >= 11 is 5.58. The molecule has 1 aromatic rings. The van der Waals surface area contributed by atoms with E-state index < -0.39 is 0 Å². The average Bonchev–Trinajstić information content (AvgIpc) is 2.59. The third-order valence-electron chi connectivity index (χ3n) is 3.05. The van der Waals surface area contributed by atoms with Crippen LogP contribution < -0.4 is 5.32 Å². The molecule has 1 aromatic carbocycles. The van der Waals surface area contributed by atoms with E-state index in [9.17, 15) is 4.79 Å². The highest BCUT2D eigenvalue weighted by molar-refractivity contribution is 6.17. The van der Waals surface area contributed by atoms with Crippen molar-refractivity contribution in [3.8, 4) is 0 Å². The molecule has 3 nitrogen and oxygen atoms in total. The number of hydrogen-bond acceptors (Lipinski definition) is 3. The molecule has 1 N–H and O–H groups in total. The number of para-hydroxylation sites is 1. The van der Waals surface area contributed by atoms with Gasteiger partial charge in [0.15, 0.2) is 0 Å². The predicted molar refractivity (Wildman–Crippen MR) is 73.0 cm³/mol. The molecule has 1 aliphatic heterocycles. The van der Waals surface area contributed by atoms with Crippen molar-refractivity contribution in [1.29, 1.82) is 0 Å². The lowest BCUT2D eigenvalue weighted by molar-refractivity contribution is -0.149.